The monoisotopic (exact) mass is 296 g/mol. The first-order chi connectivity index (χ1) is 9.68. The van der Waals surface area contributed by atoms with Crippen LogP contribution in [0.4, 0.5) is 0 Å². The van der Waals surface area contributed by atoms with Crippen LogP contribution in [0.2, 0.25) is 0 Å². The minimum atomic E-state index is -0.611. The number of aliphatic hydroxyl groups excluding tert-OH is 1. The molecule has 0 aromatic carbocycles. The van der Waals surface area contributed by atoms with E-state index in [0.29, 0.717) is 6.54 Å². The van der Waals surface area contributed by atoms with Gasteiger partial charge in [-0.2, -0.15) is 11.3 Å². The lowest BCUT2D eigenvalue weighted by Gasteiger charge is -2.36. The molecule has 2 atom stereocenters. The van der Waals surface area contributed by atoms with E-state index >= 15 is 0 Å². The van der Waals surface area contributed by atoms with Gasteiger partial charge in [0.15, 0.2) is 0 Å². The zero-order valence-corrected chi connectivity index (χ0v) is 12.8. The highest BCUT2D eigenvalue weighted by molar-refractivity contribution is 7.07. The summed E-state index contributed by atoms with van der Waals surface area (Å²) >= 11 is 1.55. The Labute approximate surface area is 124 Å². The second-order valence-electron chi connectivity index (χ2n) is 5.59. The number of hydrogen-bond donors (Lipinski definition) is 3. The molecule has 1 aliphatic rings. The van der Waals surface area contributed by atoms with Crippen LogP contribution in [0.5, 0.6) is 0 Å². The van der Waals surface area contributed by atoms with E-state index in [-0.39, 0.29) is 11.3 Å². The maximum atomic E-state index is 12.5. The molecule has 1 fully saturated rings. The van der Waals surface area contributed by atoms with Crippen LogP contribution < -0.4 is 10.6 Å². The smallest absolute Gasteiger partial charge is 0.227 e. The highest BCUT2D eigenvalue weighted by Gasteiger charge is 2.38. The lowest BCUT2D eigenvalue weighted by molar-refractivity contribution is -0.133. The van der Waals surface area contributed by atoms with Crippen molar-refractivity contribution in [3.63, 3.8) is 0 Å². The van der Waals surface area contributed by atoms with Gasteiger partial charge < -0.3 is 15.7 Å². The summed E-state index contributed by atoms with van der Waals surface area (Å²) in [5.74, 6) is 0.0841. The Kier molecular flexibility index (Phi) is 5.57. The molecule has 3 N–H and O–H groups in total. The number of aliphatic hydroxyl groups is 1. The molecule has 1 aromatic heterocycles. The summed E-state index contributed by atoms with van der Waals surface area (Å²) in [4.78, 5) is 12.5. The van der Waals surface area contributed by atoms with Crippen LogP contribution in [-0.4, -0.2) is 30.6 Å². The molecule has 0 radical (unpaired) electrons. The van der Waals surface area contributed by atoms with Crippen molar-refractivity contribution in [1.29, 1.82) is 0 Å². The number of hydrogen-bond acceptors (Lipinski definition) is 4. The molecular formula is C15H24N2O2S. The summed E-state index contributed by atoms with van der Waals surface area (Å²) in [7, 11) is 0. The molecule has 112 valence electrons. The van der Waals surface area contributed by atoms with Crippen LogP contribution in [0.1, 0.15) is 44.3 Å². The van der Waals surface area contributed by atoms with Gasteiger partial charge in [0.2, 0.25) is 5.91 Å². The van der Waals surface area contributed by atoms with Crippen LogP contribution in [0.25, 0.3) is 0 Å². The maximum absolute atomic E-state index is 12.5. The minimum Gasteiger partial charge on any atom is -0.387 e. The third kappa shape index (κ3) is 3.59. The first-order valence-electron chi connectivity index (χ1n) is 7.37. The van der Waals surface area contributed by atoms with Gasteiger partial charge in [0.1, 0.15) is 0 Å². The minimum absolute atomic E-state index is 0.0841. The van der Waals surface area contributed by atoms with Crippen molar-refractivity contribution in [2.75, 3.05) is 19.6 Å². The molecule has 4 nitrogen and oxygen atoms in total. The summed E-state index contributed by atoms with van der Waals surface area (Å²) in [5.41, 5.74) is 0.586. The zero-order chi connectivity index (χ0) is 14.4. The molecule has 2 heterocycles. The first kappa shape index (κ1) is 15.5. The highest BCUT2D eigenvalue weighted by atomic mass is 32.1. The van der Waals surface area contributed by atoms with Crippen molar-refractivity contribution in [3.05, 3.63) is 22.4 Å². The Morgan fingerprint density at radius 1 is 1.65 bits per heavy atom. The van der Waals surface area contributed by atoms with E-state index < -0.39 is 6.10 Å². The number of piperidine rings is 1. The zero-order valence-electron chi connectivity index (χ0n) is 12.0. The van der Waals surface area contributed by atoms with Crippen LogP contribution in [0.3, 0.4) is 0 Å². The number of thiophene rings is 1. The largest absolute Gasteiger partial charge is 0.387 e. The van der Waals surface area contributed by atoms with Gasteiger partial charge in [0.05, 0.1) is 11.5 Å². The SMILES string of the molecule is CCCC1(C(=O)NCC(O)c2ccsc2)CCCNC1. The molecule has 0 spiro atoms. The topological polar surface area (TPSA) is 61.4 Å². The Bertz CT molecular complexity index is 408. The van der Waals surface area contributed by atoms with Gasteiger partial charge in [0.25, 0.3) is 0 Å². The molecule has 2 unspecified atom stereocenters. The molecule has 1 saturated heterocycles. The summed E-state index contributed by atoms with van der Waals surface area (Å²) in [6, 6.07) is 1.89. The van der Waals surface area contributed by atoms with Crippen molar-refractivity contribution in [1.82, 2.24) is 10.6 Å². The van der Waals surface area contributed by atoms with Crippen molar-refractivity contribution in [3.8, 4) is 0 Å². The van der Waals surface area contributed by atoms with Crippen molar-refractivity contribution in [2.45, 2.75) is 38.7 Å². The van der Waals surface area contributed by atoms with Gasteiger partial charge in [-0.25, -0.2) is 0 Å². The fourth-order valence-electron chi connectivity index (χ4n) is 2.93. The molecule has 1 aromatic rings. The van der Waals surface area contributed by atoms with Gasteiger partial charge in [0, 0.05) is 13.1 Å². The van der Waals surface area contributed by atoms with Crippen molar-refractivity contribution < 1.29 is 9.90 Å². The van der Waals surface area contributed by atoms with Crippen molar-refractivity contribution >= 4 is 17.2 Å². The first-order valence-corrected chi connectivity index (χ1v) is 8.31. The quantitative estimate of drug-likeness (QED) is 0.753. The third-order valence-corrected chi connectivity index (χ3v) is 4.77. The van der Waals surface area contributed by atoms with E-state index in [1.807, 2.05) is 16.8 Å². The van der Waals surface area contributed by atoms with E-state index in [0.717, 1.165) is 44.3 Å². The summed E-state index contributed by atoms with van der Waals surface area (Å²) in [6.07, 6.45) is 3.28. The Balaban J connectivity index is 1.91. The third-order valence-electron chi connectivity index (χ3n) is 4.07. The van der Waals surface area contributed by atoms with Crippen LogP contribution in [0, 0.1) is 5.41 Å². The second kappa shape index (κ2) is 7.20. The predicted octanol–water partition coefficient (Wildman–Crippen LogP) is 2.07. The van der Waals surface area contributed by atoms with Crippen LogP contribution in [-0.2, 0) is 4.79 Å². The van der Waals surface area contributed by atoms with Crippen LogP contribution >= 0.6 is 11.3 Å². The number of nitrogens with one attached hydrogen (secondary N) is 2. The number of rotatable bonds is 6. The van der Waals surface area contributed by atoms with E-state index in [9.17, 15) is 9.90 Å². The number of amides is 1. The van der Waals surface area contributed by atoms with E-state index in [1.54, 1.807) is 11.3 Å². The molecule has 2 rings (SSSR count). The Morgan fingerprint density at radius 2 is 2.50 bits per heavy atom. The molecule has 1 aliphatic heterocycles. The van der Waals surface area contributed by atoms with Gasteiger partial charge >= 0.3 is 0 Å². The molecule has 0 bridgehead atoms. The predicted molar refractivity (Wildman–Crippen MR) is 81.7 cm³/mol. The summed E-state index contributed by atoms with van der Waals surface area (Å²) in [6.45, 7) is 4.16. The average Bonchev–Trinajstić information content (AvgIpc) is 3.00. The van der Waals surface area contributed by atoms with E-state index in [1.165, 1.54) is 0 Å². The molecule has 5 heteroatoms. The molecule has 0 aliphatic carbocycles. The normalized spacial score (nSPS) is 24.3. The summed E-state index contributed by atoms with van der Waals surface area (Å²) < 4.78 is 0. The average molecular weight is 296 g/mol. The Morgan fingerprint density at radius 3 is 3.10 bits per heavy atom. The maximum Gasteiger partial charge on any atom is 0.227 e. The highest BCUT2D eigenvalue weighted by Crippen LogP contribution is 2.32. The van der Waals surface area contributed by atoms with Gasteiger partial charge in [-0.15, -0.1) is 0 Å². The van der Waals surface area contributed by atoms with Crippen molar-refractivity contribution in [2.24, 2.45) is 5.41 Å². The van der Waals surface area contributed by atoms with E-state index in [4.69, 9.17) is 0 Å². The van der Waals surface area contributed by atoms with E-state index in [2.05, 4.69) is 17.6 Å². The standard InChI is InChI=1S/C15H24N2O2S/c1-2-5-15(6-3-7-16-11-15)14(19)17-9-13(18)12-4-8-20-10-12/h4,8,10,13,16,18H,2-3,5-7,9,11H2,1H3,(H,17,19). The lowest BCUT2D eigenvalue weighted by atomic mass is 9.76. The fraction of sp³-hybridized carbons (Fsp3) is 0.667. The van der Waals surface area contributed by atoms with Gasteiger partial charge in [-0.1, -0.05) is 13.3 Å². The van der Waals surface area contributed by atoms with Gasteiger partial charge in [-0.05, 0) is 48.2 Å². The summed E-state index contributed by atoms with van der Waals surface area (Å²) in [5, 5.41) is 20.2. The number of carbonyl (C=O) groups excluding carboxylic acids is 1. The lowest BCUT2D eigenvalue weighted by Crippen LogP contribution is -2.51. The Hall–Kier alpha value is -0.910. The molecular weight excluding hydrogens is 272 g/mol. The molecule has 20 heavy (non-hydrogen) atoms. The number of carbonyl (C=O) groups is 1. The van der Waals surface area contributed by atoms with Gasteiger partial charge in [-0.3, -0.25) is 4.79 Å². The molecule has 1 amide bonds. The fourth-order valence-corrected chi connectivity index (χ4v) is 3.63. The molecule has 0 saturated carbocycles. The second-order valence-corrected chi connectivity index (χ2v) is 6.37. The van der Waals surface area contributed by atoms with Crippen LogP contribution in [0.15, 0.2) is 16.8 Å².